The summed E-state index contributed by atoms with van der Waals surface area (Å²) in [4.78, 5) is 27.9. The molecule has 2 amide bonds. The SMILES string of the molecule is CC[C@@H](C(=O)NCC(C)C)N(Cc1ccc(Cl)c(Cl)c1)C(=O)COc1ccccc1C(C)C. The maximum atomic E-state index is 13.4. The van der Waals surface area contributed by atoms with Gasteiger partial charge in [0, 0.05) is 13.1 Å². The Kier molecular flexibility index (Phi) is 10.5. The van der Waals surface area contributed by atoms with Crippen molar-refractivity contribution in [1.29, 1.82) is 0 Å². The lowest BCUT2D eigenvalue weighted by atomic mass is 10.0. The highest BCUT2D eigenvalue weighted by molar-refractivity contribution is 6.42. The van der Waals surface area contributed by atoms with Crippen LogP contribution in [0.25, 0.3) is 0 Å². The van der Waals surface area contributed by atoms with Crippen LogP contribution in [0.15, 0.2) is 42.5 Å². The van der Waals surface area contributed by atoms with Gasteiger partial charge < -0.3 is 15.0 Å². The number of carbonyl (C=O) groups excluding carboxylic acids is 2. The summed E-state index contributed by atoms with van der Waals surface area (Å²) in [6.45, 7) is 10.7. The van der Waals surface area contributed by atoms with E-state index in [1.807, 2.05) is 51.1 Å². The Labute approximate surface area is 207 Å². The second-order valence-corrected chi connectivity index (χ2v) is 9.63. The van der Waals surface area contributed by atoms with Crippen LogP contribution >= 0.6 is 23.2 Å². The van der Waals surface area contributed by atoms with Crippen molar-refractivity contribution in [2.24, 2.45) is 5.92 Å². The molecule has 1 atom stereocenters. The molecule has 7 heteroatoms. The Hall–Kier alpha value is -2.24. The van der Waals surface area contributed by atoms with Gasteiger partial charge in [-0.15, -0.1) is 0 Å². The summed E-state index contributed by atoms with van der Waals surface area (Å²) < 4.78 is 5.92. The molecular formula is C26H34Cl2N2O3. The first-order valence-corrected chi connectivity index (χ1v) is 12.1. The molecule has 0 saturated carbocycles. The number of ether oxygens (including phenoxy) is 1. The van der Waals surface area contributed by atoms with Crippen molar-refractivity contribution in [3.05, 3.63) is 63.6 Å². The maximum Gasteiger partial charge on any atom is 0.261 e. The molecule has 0 spiro atoms. The van der Waals surface area contributed by atoms with Gasteiger partial charge in [-0.2, -0.15) is 0 Å². The number of nitrogens with one attached hydrogen (secondary N) is 1. The number of nitrogens with zero attached hydrogens (tertiary/aromatic N) is 1. The number of para-hydroxylation sites is 1. The number of amides is 2. The summed E-state index contributed by atoms with van der Waals surface area (Å²) in [5.74, 6) is 0.788. The highest BCUT2D eigenvalue weighted by Gasteiger charge is 2.29. The molecule has 0 fully saturated rings. The van der Waals surface area contributed by atoms with Gasteiger partial charge in [0.1, 0.15) is 11.8 Å². The highest BCUT2D eigenvalue weighted by atomic mass is 35.5. The Balaban J connectivity index is 2.27. The van der Waals surface area contributed by atoms with Crippen molar-refractivity contribution in [3.63, 3.8) is 0 Å². The van der Waals surface area contributed by atoms with Crippen LogP contribution < -0.4 is 10.1 Å². The van der Waals surface area contributed by atoms with Gasteiger partial charge >= 0.3 is 0 Å². The third-order valence-electron chi connectivity index (χ3n) is 5.30. The van der Waals surface area contributed by atoms with E-state index >= 15 is 0 Å². The molecule has 5 nitrogen and oxygen atoms in total. The molecule has 2 aromatic rings. The lowest BCUT2D eigenvalue weighted by Gasteiger charge is -2.31. The van der Waals surface area contributed by atoms with Crippen LogP contribution in [0.1, 0.15) is 58.1 Å². The van der Waals surface area contributed by atoms with Crippen LogP contribution in [-0.4, -0.2) is 35.9 Å². The third kappa shape index (κ3) is 7.94. The van der Waals surface area contributed by atoms with E-state index in [0.717, 1.165) is 11.1 Å². The molecule has 0 aliphatic heterocycles. The second kappa shape index (κ2) is 12.9. The summed E-state index contributed by atoms with van der Waals surface area (Å²) in [6, 6.07) is 12.3. The average molecular weight is 493 g/mol. The molecule has 0 aliphatic carbocycles. The fourth-order valence-corrected chi connectivity index (χ4v) is 3.81. The van der Waals surface area contributed by atoms with Gasteiger partial charge in [0.2, 0.25) is 5.91 Å². The Bertz CT molecular complexity index is 947. The molecule has 0 aromatic heterocycles. The Morgan fingerprint density at radius 3 is 2.33 bits per heavy atom. The number of hydrogen-bond acceptors (Lipinski definition) is 3. The van der Waals surface area contributed by atoms with Gasteiger partial charge in [-0.1, -0.05) is 82.1 Å². The van der Waals surface area contributed by atoms with Crippen molar-refractivity contribution in [2.75, 3.05) is 13.2 Å². The molecule has 0 heterocycles. The molecule has 0 saturated heterocycles. The zero-order valence-corrected chi connectivity index (χ0v) is 21.5. The van der Waals surface area contributed by atoms with Crippen LogP contribution in [0, 0.1) is 5.92 Å². The molecule has 2 rings (SSSR count). The van der Waals surface area contributed by atoms with E-state index in [1.165, 1.54) is 0 Å². The Morgan fingerprint density at radius 1 is 1.03 bits per heavy atom. The average Bonchev–Trinajstić information content (AvgIpc) is 2.78. The quantitative estimate of drug-likeness (QED) is 0.413. The molecule has 0 radical (unpaired) electrons. The molecule has 0 unspecified atom stereocenters. The van der Waals surface area contributed by atoms with Crippen LogP contribution in [0.5, 0.6) is 5.75 Å². The zero-order valence-electron chi connectivity index (χ0n) is 20.0. The highest BCUT2D eigenvalue weighted by Crippen LogP contribution is 2.27. The van der Waals surface area contributed by atoms with E-state index in [2.05, 4.69) is 19.2 Å². The normalized spacial score (nSPS) is 12.0. The first kappa shape index (κ1) is 27.0. The number of rotatable bonds is 11. The molecular weight excluding hydrogens is 459 g/mol. The summed E-state index contributed by atoms with van der Waals surface area (Å²) in [5.41, 5.74) is 1.82. The summed E-state index contributed by atoms with van der Waals surface area (Å²) in [5, 5.41) is 3.79. The van der Waals surface area contributed by atoms with Crippen molar-refractivity contribution in [1.82, 2.24) is 10.2 Å². The number of halogens is 2. The van der Waals surface area contributed by atoms with Crippen LogP contribution in [0.2, 0.25) is 10.0 Å². The predicted molar refractivity (Wildman–Crippen MR) is 135 cm³/mol. The van der Waals surface area contributed by atoms with Crippen LogP contribution in [0.3, 0.4) is 0 Å². The number of benzene rings is 2. The topological polar surface area (TPSA) is 58.6 Å². The smallest absolute Gasteiger partial charge is 0.261 e. The Morgan fingerprint density at radius 2 is 1.73 bits per heavy atom. The van der Waals surface area contributed by atoms with E-state index in [-0.39, 0.29) is 30.9 Å². The van der Waals surface area contributed by atoms with Gasteiger partial charge in [0.25, 0.3) is 5.91 Å². The fraction of sp³-hybridized carbons (Fsp3) is 0.462. The largest absolute Gasteiger partial charge is 0.483 e. The lowest BCUT2D eigenvalue weighted by Crippen LogP contribution is -2.50. The van der Waals surface area contributed by atoms with E-state index in [0.29, 0.717) is 34.7 Å². The monoisotopic (exact) mass is 492 g/mol. The molecule has 33 heavy (non-hydrogen) atoms. The predicted octanol–water partition coefficient (Wildman–Crippen LogP) is 6.08. The molecule has 1 N–H and O–H groups in total. The first-order valence-electron chi connectivity index (χ1n) is 11.4. The molecule has 0 bridgehead atoms. The number of hydrogen-bond donors (Lipinski definition) is 1. The molecule has 2 aromatic carbocycles. The second-order valence-electron chi connectivity index (χ2n) is 8.81. The van der Waals surface area contributed by atoms with Crippen LogP contribution in [-0.2, 0) is 16.1 Å². The first-order chi connectivity index (χ1) is 15.6. The minimum atomic E-state index is -0.630. The van der Waals surface area contributed by atoms with Gasteiger partial charge in [-0.25, -0.2) is 0 Å². The van der Waals surface area contributed by atoms with Crippen molar-refractivity contribution < 1.29 is 14.3 Å². The minimum Gasteiger partial charge on any atom is -0.483 e. The third-order valence-corrected chi connectivity index (χ3v) is 6.04. The van der Waals surface area contributed by atoms with E-state index in [1.54, 1.807) is 17.0 Å². The number of carbonyl (C=O) groups is 2. The summed E-state index contributed by atoms with van der Waals surface area (Å²) >= 11 is 12.2. The minimum absolute atomic E-state index is 0.168. The van der Waals surface area contributed by atoms with Gasteiger partial charge in [-0.3, -0.25) is 9.59 Å². The van der Waals surface area contributed by atoms with E-state index < -0.39 is 6.04 Å². The molecule has 0 aliphatic rings. The standard InChI is InChI=1S/C26H34Cl2N2O3/c1-6-23(26(32)29-14-17(2)3)30(15-19-11-12-21(27)22(28)13-19)25(31)16-33-24-10-8-7-9-20(24)18(4)5/h7-13,17-18,23H,6,14-16H2,1-5H3,(H,29,32)/t23-/m0/s1. The zero-order chi connectivity index (χ0) is 24.5. The summed E-state index contributed by atoms with van der Waals surface area (Å²) in [6.07, 6.45) is 0.472. The van der Waals surface area contributed by atoms with Gasteiger partial charge in [-0.05, 0) is 47.6 Å². The van der Waals surface area contributed by atoms with Gasteiger partial charge in [0.15, 0.2) is 6.61 Å². The van der Waals surface area contributed by atoms with Crippen molar-refractivity contribution in [3.8, 4) is 5.75 Å². The molecule has 180 valence electrons. The van der Waals surface area contributed by atoms with Crippen molar-refractivity contribution >= 4 is 35.0 Å². The van der Waals surface area contributed by atoms with E-state index in [9.17, 15) is 9.59 Å². The fourth-order valence-electron chi connectivity index (χ4n) is 3.49. The van der Waals surface area contributed by atoms with E-state index in [4.69, 9.17) is 27.9 Å². The lowest BCUT2D eigenvalue weighted by molar-refractivity contribution is -0.143. The maximum absolute atomic E-state index is 13.4. The summed E-state index contributed by atoms with van der Waals surface area (Å²) in [7, 11) is 0. The van der Waals surface area contributed by atoms with Crippen LogP contribution in [0.4, 0.5) is 0 Å². The van der Waals surface area contributed by atoms with Crippen molar-refractivity contribution in [2.45, 2.75) is 59.5 Å². The van der Waals surface area contributed by atoms with Gasteiger partial charge in [0.05, 0.1) is 10.0 Å².